The van der Waals surface area contributed by atoms with Gasteiger partial charge in [-0.1, -0.05) is 0 Å². The van der Waals surface area contributed by atoms with Crippen LogP contribution in [0.25, 0.3) is 0 Å². The first kappa shape index (κ1) is 14.6. The molecule has 0 saturated carbocycles. The van der Waals surface area contributed by atoms with E-state index in [-0.39, 0.29) is 11.6 Å². The molecule has 1 aromatic rings. The van der Waals surface area contributed by atoms with Crippen molar-refractivity contribution in [2.24, 2.45) is 0 Å². The standard InChI is InChI=1S/C10H14N4O5/c1-10(2,3)19-9(18)12-7-8(17)11-5(13-14-7)4-6(15)16/h4H2,1-3H3,(H,15,16)(H,11,13,17)(H,12,14,18). The minimum Gasteiger partial charge on any atom is -0.481 e. The second-order valence-corrected chi connectivity index (χ2v) is 4.65. The van der Waals surface area contributed by atoms with Crippen molar-refractivity contribution in [3.05, 3.63) is 16.2 Å². The number of carbonyl (C=O) groups is 2. The number of hydrogen-bond donors (Lipinski definition) is 3. The molecule has 3 N–H and O–H groups in total. The van der Waals surface area contributed by atoms with Gasteiger partial charge >= 0.3 is 12.1 Å². The van der Waals surface area contributed by atoms with Crippen LogP contribution >= 0.6 is 0 Å². The number of hydrogen-bond acceptors (Lipinski definition) is 6. The Morgan fingerprint density at radius 3 is 2.47 bits per heavy atom. The van der Waals surface area contributed by atoms with Crippen LogP contribution in [0.15, 0.2) is 4.79 Å². The van der Waals surface area contributed by atoms with Gasteiger partial charge in [-0.15, -0.1) is 10.2 Å². The predicted octanol–water partition coefficient (Wildman–Crippen LogP) is 0.139. The fourth-order valence-corrected chi connectivity index (χ4v) is 1.08. The molecule has 1 aromatic heterocycles. The maximum absolute atomic E-state index is 11.5. The topological polar surface area (TPSA) is 134 Å². The Bertz CT molecular complexity index is 546. The fraction of sp³-hybridized carbons (Fsp3) is 0.500. The van der Waals surface area contributed by atoms with Gasteiger partial charge in [-0.2, -0.15) is 0 Å². The van der Waals surface area contributed by atoms with Crippen molar-refractivity contribution in [3.63, 3.8) is 0 Å². The number of aromatic nitrogens is 3. The first-order valence-electron chi connectivity index (χ1n) is 5.35. The third-order valence-corrected chi connectivity index (χ3v) is 1.68. The van der Waals surface area contributed by atoms with Gasteiger partial charge in [-0.05, 0) is 20.8 Å². The molecule has 0 bridgehead atoms. The molecule has 0 atom stereocenters. The second-order valence-electron chi connectivity index (χ2n) is 4.65. The van der Waals surface area contributed by atoms with Gasteiger partial charge in [0.25, 0.3) is 5.56 Å². The summed E-state index contributed by atoms with van der Waals surface area (Å²) < 4.78 is 4.93. The highest BCUT2D eigenvalue weighted by molar-refractivity contribution is 5.83. The number of anilines is 1. The fourth-order valence-electron chi connectivity index (χ4n) is 1.08. The molecule has 0 aliphatic carbocycles. The number of aromatic amines is 1. The van der Waals surface area contributed by atoms with Crippen LogP contribution in [0.4, 0.5) is 10.6 Å². The van der Waals surface area contributed by atoms with E-state index in [4.69, 9.17) is 9.84 Å². The van der Waals surface area contributed by atoms with E-state index in [9.17, 15) is 14.4 Å². The number of carboxylic acid groups (broad SMARTS) is 1. The summed E-state index contributed by atoms with van der Waals surface area (Å²) in [4.78, 5) is 35.5. The first-order valence-corrected chi connectivity index (χ1v) is 5.35. The largest absolute Gasteiger partial charge is 0.481 e. The maximum atomic E-state index is 11.5. The molecule has 1 amide bonds. The van der Waals surface area contributed by atoms with Gasteiger partial charge in [-0.3, -0.25) is 14.9 Å². The summed E-state index contributed by atoms with van der Waals surface area (Å²) in [6.45, 7) is 5.00. The zero-order valence-electron chi connectivity index (χ0n) is 10.7. The minimum atomic E-state index is -1.15. The number of amides is 1. The summed E-state index contributed by atoms with van der Waals surface area (Å²) in [6, 6.07) is 0. The molecular weight excluding hydrogens is 256 g/mol. The van der Waals surface area contributed by atoms with Gasteiger partial charge in [0.05, 0.1) is 0 Å². The smallest absolute Gasteiger partial charge is 0.413 e. The van der Waals surface area contributed by atoms with Gasteiger partial charge in [-0.25, -0.2) is 4.79 Å². The molecule has 0 aliphatic heterocycles. The number of H-pyrrole nitrogens is 1. The van der Waals surface area contributed by atoms with Crippen molar-refractivity contribution in [1.29, 1.82) is 0 Å². The molecule has 0 spiro atoms. The summed E-state index contributed by atoms with van der Waals surface area (Å²) in [5.74, 6) is -1.62. The van der Waals surface area contributed by atoms with Gasteiger partial charge in [0, 0.05) is 0 Å². The molecule has 0 aromatic carbocycles. The van der Waals surface area contributed by atoms with E-state index in [1.54, 1.807) is 20.8 Å². The Balaban J connectivity index is 2.78. The molecule has 0 saturated heterocycles. The lowest BCUT2D eigenvalue weighted by molar-refractivity contribution is -0.136. The first-order chi connectivity index (χ1) is 8.67. The molecule has 1 rings (SSSR count). The van der Waals surface area contributed by atoms with Crippen molar-refractivity contribution in [1.82, 2.24) is 15.2 Å². The van der Waals surface area contributed by atoms with E-state index in [0.29, 0.717) is 0 Å². The average Bonchev–Trinajstić information content (AvgIpc) is 2.18. The van der Waals surface area contributed by atoms with Crippen molar-refractivity contribution >= 4 is 17.9 Å². The minimum absolute atomic E-state index is 0.104. The zero-order chi connectivity index (χ0) is 14.6. The van der Waals surface area contributed by atoms with Gasteiger partial charge in [0.15, 0.2) is 0 Å². The lowest BCUT2D eigenvalue weighted by atomic mass is 10.2. The number of nitrogens with one attached hydrogen (secondary N) is 2. The van der Waals surface area contributed by atoms with Crippen LogP contribution in [0, 0.1) is 0 Å². The number of ether oxygens (including phenoxy) is 1. The van der Waals surface area contributed by atoms with Gasteiger partial charge in [0.1, 0.15) is 17.8 Å². The van der Waals surface area contributed by atoms with Crippen molar-refractivity contribution in [2.75, 3.05) is 5.32 Å². The molecular formula is C10H14N4O5. The predicted molar refractivity (Wildman–Crippen MR) is 63.8 cm³/mol. The molecule has 1 heterocycles. The van der Waals surface area contributed by atoms with E-state index >= 15 is 0 Å². The van der Waals surface area contributed by atoms with Crippen LogP contribution in [-0.4, -0.2) is 38.0 Å². The normalized spacial score (nSPS) is 10.9. The van der Waals surface area contributed by atoms with Crippen LogP contribution < -0.4 is 10.9 Å². The molecule has 0 fully saturated rings. The van der Waals surface area contributed by atoms with Crippen LogP contribution in [0.5, 0.6) is 0 Å². The lowest BCUT2D eigenvalue weighted by Crippen LogP contribution is -2.30. The maximum Gasteiger partial charge on any atom is 0.413 e. The lowest BCUT2D eigenvalue weighted by Gasteiger charge is -2.19. The molecule has 0 aliphatic rings. The zero-order valence-corrected chi connectivity index (χ0v) is 10.7. The Kier molecular flexibility index (Phi) is 4.20. The Labute approximate surface area is 108 Å². The highest BCUT2D eigenvalue weighted by atomic mass is 16.6. The molecule has 104 valence electrons. The summed E-state index contributed by atoms with van der Waals surface area (Å²) in [7, 11) is 0. The van der Waals surface area contributed by atoms with E-state index in [2.05, 4.69) is 20.5 Å². The summed E-state index contributed by atoms with van der Waals surface area (Å²) >= 11 is 0. The monoisotopic (exact) mass is 270 g/mol. The van der Waals surface area contributed by atoms with E-state index in [1.165, 1.54) is 0 Å². The third-order valence-electron chi connectivity index (χ3n) is 1.68. The quantitative estimate of drug-likeness (QED) is 0.710. The van der Waals surface area contributed by atoms with E-state index in [1.807, 2.05) is 0 Å². The Morgan fingerprint density at radius 1 is 1.37 bits per heavy atom. The van der Waals surface area contributed by atoms with E-state index in [0.717, 1.165) is 0 Å². The number of carboxylic acids is 1. The molecule has 0 unspecified atom stereocenters. The van der Waals surface area contributed by atoms with Gasteiger partial charge in [0.2, 0.25) is 5.82 Å². The summed E-state index contributed by atoms with van der Waals surface area (Å²) in [6.07, 6.45) is -1.31. The Hall–Kier alpha value is -2.45. The molecule has 9 heteroatoms. The van der Waals surface area contributed by atoms with Crippen molar-refractivity contribution in [3.8, 4) is 0 Å². The van der Waals surface area contributed by atoms with E-state index < -0.39 is 29.6 Å². The number of carbonyl (C=O) groups excluding carboxylic acids is 1. The molecule has 0 radical (unpaired) electrons. The highest BCUT2D eigenvalue weighted by Gasteiger charge is 2.18. The van der Waals surface area contributed by atoms with Gasteiger partial charge < -0.3 is 14.8 Å². The molecule has 19 heavy (non-hydrogen) atoms. The average molecular weight is 270 g/mol. The summed E-state index contributed by atoms with van der Waals surface area (Å²) in [5.41, 5.74) is -1.47. The Morgan fingerprint density at radius 2 is 2.00 bits per heavy atom. The summed E-state index contributed by atoms with van der Waals surface area (Å²) in [5, 5.41) is 17.5. The number of rotatable bonds is 3. The van der Waals surface area contributed by atoms with Crippen molar-refractivity contribution in [2.45, 2.75) is 32.8 Å². The SMILES string of the molecule is CC(C)(C)OC(=O)Nc1nnc(CC(=O)O)[nH]c1=O. The second kappa shape index (κ2) is 5.46. The van der Waals surface area contributed by atoms with Crippen LogP contribution in [0.1, 0.15) is 26.6 Å². The van der Waals surface area contributed by atoms with Crippen LogP contribution in [0.3, 0.4) is 0 Å². The number of aliphatic carboxylic acids is 1. The van der Waals surface area contributed by atoms with Crippen molar-refractivity contribution < 1.29 is 19.4 Å². The number of nitrogens with zero attached hydrogens (tertiary/aromatic N) is 2. The van der Waals surface area contributed by atoms with Crippen LogP contribution in [0.2, 0.25) is 0 Å². The highest BCUT2D eigenvalue weighted by Crippen LogP contribution is 2.07. The van der Waals surface area contributed by atoms with Crippen LogP contribution in [-0.2, 0) is 16.0 Å². The molecule has 9 nitrogen and oxygen atoms in total. The third kappa shape index (κ3) is 5.15.